The van der Waals surface area contributed by atoms with Crippen LogP contribution in [0.2, 0.25) is 0 Å². The first-order chi connectivity index (χ1) is 40.0. The molecule has 0 N–H and O–H groups in total. The van der Waals surface area contributed by atoms with Crippen molar-refractivity contribution in [3.63, 3.8) is 0 Å². The Morgan fingerprint density at radius 1 is 0.482 bits per heavy atom. The fourth-order valence-corrected chi connectivity index (χ4v) is 16.7. The lowest BCUT2D eigenvalue weighted by molar-refractivity contribution is 0.420. The van der Waals surface area contributed by atoms with Crippen molar-refractivity contribution in [3.8, 4) is 11.1 Å². The van der Waals surface area contributed by atoms with Gasteiger partial charge in [0.1, 0.15) is 0 Å². The molecule has 3 nitrogen and oxygen atoms in total. The average molecular weight is 1140 g/mol. The van der Waals surface area contributed by atoms with E-state index in [1.165, 1.54) is 170 Å². The zero-order valence-corrected chi connectivity index (χ0v) is 55.2. The first-order valence-electron chi connectivity index (χ1n) is 31.8. The van der Waals surface area contributed by atoms with E-state index in [2.05, 4.69) is 291 Å². The van der Waals surface area contributed by atoms with Gasteiger partial charge in [0.05, 0.1) is 11.4 Å². The molecular weight excluding hydrogens is 1050 g/mol. The Labute approximate surface area is 514 Å². The summed E-state index contributed by atoms with van der Waals surface area (Å²) in [6.07, 6.45) is 6.26. The van der Waals surface area contributed by atoms with Gasteiger partial charge in [-0.05, 0) is 237 Å². The van der Waals surface area contributed by atoms with Crippen molar-refractivity contribution >= 4 is 95.0 Å². The molecular formula is C80H90BN3S. The molecule has 4 aliphatic rings. The molecule has 1 aromatic heterocycles. The highest BCUT2D eigenvalue weighted by Crippen LogP contribution is 2.60. The van der Waals surface area contributed by atoms with Crippen molar-refractivity contribution in [2.45, 2.75) is 189 Å². The van der Waals surface area contributed by atoms with Crippen LogP contribution >= 0.6 is 11.3 Å². The molecule has 85 heavy (non-hydrogen) atoms. The van der Waals surface area contributed by atoms with E-state index < -0.39 is 0 Å². The summed E-state index contributed by atoms with van der Waals surface area (Å²) in [6.45, 7) is 42.0. The molecule has 2 aliphatic carbocycles. The van der Waals surface area contributed by atoms with Crippen molar-refractivity contribution in [1.29, 1.82) is 0 Å². The first kappa shape index (κ1) is 57.3. The summed E-state index contributed by atoms with van der Waals surface area (Å²) in [5.74, 6) is 0.755. The Bertz CT molecular complexity index is 4000. The number of hydrogen-bond donors (Lipinski definition) is 0. The van der Waals surface area contributed by atoms with Gasteiger partial charge < -0.3 is 14.7 Å². The third kappa shape index (κ3) is 9.78. The molecule has 9 aromatic rings. The zero-order valence-electron chi connectivity index (χ0n) is 54.4. The number of anilines is 9. The maximum atomic E-state index is 2.80. The van der Waals surface area contributed by atoms with E-state index in [0.717, 1.165) is 5.92 Å². The summed E-state index contributed by atoms with van der Waals surface area (Å²) in [5, 5.41) is 1.34. The molecule has 8 aromatic carbocycles. The molecule has 5 heteroatoms. The predicted octanol–water partition coefficient (Wildman–Crippen LogP) is 21.4. The van der Waals surface area contributed by atoms with Crippen LogP contribution in [0, 0.1) is 26.7 Å². The zero-order chi connectivity index (χ0) is 60.2. The van der Waals surface area contributed by atoms with Gasteiger partial charge in [0.25, 0.3) is 6.71 Å². The van der Waals surface area contributed by atoms with Crippen LogP contribution in [0.15, 0.2) is 152 Å². The summed E-state index contributed by atoms with van der Waals surface area (Å²) in [4.78, 5) is 8.07. The van der Waals surface area contributed by atoms with Crippen LogP contribution in [-0.4, -0.2) is 6.71 Å². The molecule has 0 atom stereocenters. The number of benzene rings is 8. The van der Waals surface area contributed by atoms with Gasteiger partial charge in [-0.25, -0.2) is 0 Å². The molecule has 2 saturated carbocycles. The van der Waals surface area contributed by atoms with Crippen LogP contribution in [0.3, 0.4) is 0 Å². The van der Waals surface area contributed by atoms with E-state index in [4.69, 9.17) is 0 Å². The van der Waals surface area contributed by atoms with Crippen LogP contribution in [0.5, 0.6) is 0 Å². The van der Waals surface area contributed by atoms with Crippen LogP contribution in [0.25, 0.3) is 21.2 Å². The fourth-order valence-electron chi connectivity index (χ4n) is 15.4. The third-order valence-electron chi connectivity index (χ3n) is 20.1. The number of rotatable bonds is 7. The average Bonchev–Trinajstić information content (AvgIpc) is 1.75. The second-order valence-electron chi connectivity index (χ2n) is 31.5. The molecule has 0 radical (unpaired) electrons. The molecule has 0 amide bonds. The highest BCUT2D eigenvalue weighted by atomic mass is 32.1. The van der Waals surface area contributed by atoms with Crippen LogP contribution < -0.4 is 30.4 Å². The lowest BCUT2D eigenvalue weighted by Crippen LogP contribution is -2.60. The first-order valence-corrected chi connectivity index (χ1v) is 32.6. The van der Waals surface area contributed by atoms with Gasteiger partial charge >= 0.3 is 0 Å². The summed E-state index contributed by atoms with van der Waals surface area (Å²) >= 11 is 2.03. The van der Waals surface area contributed by atoms with Gasteiger partial charge in [0.2, 0.25) is 0 Å². The van der Waals surface area contributed by atoms with Crippen molar-refractivity contribution in [3.05, 3.63) is 202 Å². The Kier molecular flexibility index (Phi) is 13.4. The van der Waals surface area contributed by atoms with Crippen molar-refractivity contribution < 1.29 is 0 Å². The minimum absolute atomic E-state index is 0.00967. The molecule has 2 bridgehead atoms. The smallest absolute Gasteiger partial charge is 0.264 e. The van der Waals surface area contributed by atoms with E-state index in [9.17, 15) is 0 Å². The van der Waals surface area contributed by atoms with Crippen molar-refractivity contribution in [2.24, 2.45) is 5.92 Å². The molecule has 434 valence electrons. The minimum atomic E-state index is -0.0386. The van der Waals surface area contributed by atoms with E-state index in [0.29, 0.717) is 0 Å². The number of hydrogen-bond acceptors (Lipinski definition) is 4. The van der Waals surface area contributed by atoms with Gasteiger partial charge in [-0.1, -0.05) is 182 Å². The largest absolute Gasteiger partial charge is 0.311 e. The summed E-state index contributed by atoms with van der Waals surface area (Å²) in [6, 6.07) is 61.3. The monoisotopic (exact) mass is 1140 g/mol. The highest BCUT2D eigenvalue weighted by Gasteiger charge is 2.51. The number of thiophene rings is 1. The van der Waals surface area contributed by atoms with Crippen LogP contribution in [0.4, 0.5) is 51.2 Å². The second kappa shape index (κ2) is 19.9. The standard InChI is InChI=1S/C80H90BN3S/c1-49-41-50(2)71(51(3)42-49)53-43-68-72-69(44-53)84(62-34-25-57(26-35-62)78(13,14)15)73-63-45-58(79(16,17)18)27-36-70(63)85-74(73)81(72)65-46-64(80-39-37-52(48-80)38-40-80)66(47-67(65)83(68)61-32-23-56(24-33-61)77(10,11)12)82(59-28-19-54(20-29-59)75(4,5)6)60-30-21-55(22-31-60)76(7,8)9/h19-36,41-47,52H,37-40,48H2,1-18H3. The Morgan fingerprint density at radius 3 is 1.39 bits per heavy atom. The topological polar surface area (TPSA) is 9.72 Å². The molecule has 0 unspecified atom stereocenters. The van der Waals surface area contributed by atoms with E-state index in [1.54, 1.807) is 0 Å². The quantitative estimate of drug-likeness (QED) is 0.147. The van der Waals surface area contributed by atoms with Gasteiger partial charge in [0.15, 0.2) is 0 Å². The highest BCUT2D eigenvalue weighted by molar-refractivity contribution is 7.33. The Balaban J connectivity index is 1.19. The second-order valence-corrected chi connectivity index (χ2v) is 32.5. The molecule has 2 aliphatic heterocycles. The van der Waals surface area contributed by atoms with Crippen LogP contribution in [-0.2, 0) is 32.5 Å². The molecule has 3 heterocycles. The minimum Gasteiger partial charge on any atom is -0.311 e. The normalized spacial score (nSPS) is 17.6. The van der Waals surface area contributed by atoms with E-state index in [1.807, 2.05) is 11.3 Å². The summed E-state index contributed by atoms with van der Waals surface area (Å²) in [5.41, 5.74) is 28.7. The van der Waals surface area contributed by atoms with Crippen LogP contribution in [0.1, 0.15) is 186 Å². The van der Waals surface area contributed by atoms with Gasteiger partial charge in [-0.15, -0.1) is 11.3 Å². The van der Waals surface area contributed by atoms with E-state index >= 15 is 0 Å². The van der Waals surface area contributed by atoms with Gasteiger partial charge in [0, 0.05) is 54.7 Å². The fraction of sp³-hybridized carbons (Fsp3) is 0.375. The van der Waals surface area contributed by atoms with E-state index in [-0.39, 0.29) is 39.2 Å². The lowest BCUT2D eigenvalue weighted by atomic mass is 9.36. The Hall–Kier alpha value is -6.82. The summed E-state index contributed by atoms with van der Waals surface area (Å²) < 4.78 is 2.76. The SMILES string of the molecule is Cc1cc(C)c(-c2cc3c4c(c2)N(c2ccc(C(C)(C)C)cc2)c2c(sc5ccc(C(C)(C)C)cc25)B4c2cc(C45CCC(CC4)C5)c(N(c4ccc(C(C)(C)C)cc4)c4ccc(C(C)(C)C)cc4)cc2N3c2ccc(C(C)(C)C)cc2)c(C)c1. The maximum Gasteiger partial charge on any atom is 0.264 e. The number of nitrogens with zero attached hydrogens (tertiary/aromatic N) is 3. The van der Waals surface area contributed by atoms with Gasteiger partial charge in [-0.2, -0.15) is 0 Å². The predicted molar refractivity (Wildman–Crippen MR) is 372 cm³/mol. The number of fused-ring (bicyclic) bond motifs is 8. The maximum absolute atomic E-state index is 2.80. The van der Waals surface area contributed by atoms with Gasteiger partial charge in [-0.3, -0.25) is 0 Å². The Morgan fingerprint density at radius 2 is 0.929 bits per heavy atom. The van der Waals surface area contributed by atoms with Crippen molar-refractivity contribution in [1.82, 2.24) is 0 Å². The molecule has 13 rings (SSSR count). The third-order valence-corrected chi connectivity index (χ3v) is 21.4. The lowest BCUT2D eigenvalue weighted by Gasteiger charge is -2.45. The molecule has 0 saturated heterocycles. The number of aryl methyl sites for hydroxylation is 3. The molecule has 2 fully saturated rings. The van der Waals surface area contributed by atoms with Crippen molar-refractivity contribution in [2.75, 3.05) is 14.7 Å². The molecule has 0 spiro atoms. The summed E-state index contributed by atoms with van der Waals surface area (Å²) in [7, 11) is 0.